The number of aliphatic imine (C=N–C) groups is 1. The number of hydrogen-bond donors (Lipinski definition) is 2. The summed E-state index contributed by atoms with van der Waals surface area (Å²) in [5.41, 5.74) is 0.630. The Kier molecular flexibility index (Phi) is 5.51. The molecule has 0 spiro atoms. The number of aliphatic hydroxyl groups is 1. The summed E-state index contributed by atoms with van der Waals surface area (Å²) >= 11 is 3.16. The van der Waals surface area contributed by atoms with E-state index >= 15 is 0 Å². The zero-order valence-corrected chi connectivity index (χ0v) is 11.6. The Hall–Kier alpha value is -0.330. The van der Waals surface area contributed by atoms with E-state index in [9.17, 15) is 5.11 Å². The van der Waals surface area contributed by atoms with Crippen LogP contribution >= 0.6 is 23.5 Å². The third-order valence-corrected chi connectivity index (χ3v) is 4.56. The lowest BCUT2D eigenvalue weighted by Crippen LogP contribution is -2.26. The van der Waals surface area contributed by atoms with Crippen molar-refractivity contribution in [2.75, 3.05) is 19.8 Å². The van der Waals surface area contributed by atoms with Crippen LogP contribution in [0, 0.1) is 0 Å². The quantitative estimate of drug-likeness (QED) is 0.560. The number of rotatable bonds is 6. The number of thioether (sulfide) groups is 2. The highest BCUT2D eigenvalue weighted by Gasteiger charge is 2.26. The van der Waals surface area contributed by atoms with Gasteiger partial charge >= 0.3 is 0 Å². The van der Waals surface area contributed by atoms with Crippen molar-refractivity contribution in [2.24, 2.45) is 4.99 Å². The van der Waals surface area contributed by atoms with Gasteiger partial charge in [0.15, 0.2) is 5.56 Å². The minimum absolute atomic E-state index is 0.344. The van der Waals surface area contributed by atoms with Gasteiger partial charge in [-0.3, -0.25) is 0 Å². The summed E-state index contributed by atoms with van der Waals surface area (Å²) < 4.78 is 0. The van der Waals surface area contributed by atoms with Crippen LogP contribution in [0.5, 0.6) is 0 Å². The van der Waals surface area contributed by atoms with Crippen LogP contribution in [0.2, 0.25) is 0 Å². The summed E-state index contributed by atoms with van der Waals surface area (Å²) in [7, 11) is 1.91. The largest absolute Gasteiger partial charge is 0.374 e. The molecule has 2 N–H and O–H groups in total. The van der Waals surface area contributed by atoms with Crippen LogP contribution in [0.15, 0.2) is 15.7 Å². The molecule has 0 fully saturated rings. The Labute approximate surface area is 106 Å². The third-order valence-electron chi connectivity index (χ3n) is 2.36. The normalized spacial score (nSPS) is 21.9. The van der Waals surface area contributed by atoms with Gasteiger partial charge in [0.05, 0.1) is 10.4 Å². The van der Waals surface area contributed by atoms with Crippen LogP contribution in [-0.4, -0.2) is 47.5 Å². The topological polar surface area (TPSA) is 47.9 Å². The summed E-state index contributed by atoms with van der Waals surface area (Å²) in [4.78, 5) is 5.74. The zero-order chi connectivity index (χ0) is 12.1. The molecule has 0 aliphatic carbocycles. The minimum atomic E-state index is -0.490. The molecule has 1 aliphatic rings. The van der Waals surface area contributed by atoms with Crippen molar-refractivity contribution in [3.05, 3.63) is 10.7 Å². The van der Waals surface area contributed by atoms with E-state index in [0.717, 1.165) is 23.7 Å². The van der Waals surface area contributed by atoms with E-state index in [-0.39, 0.29) is 0 Å². The van der Waals surface area contributed by atoms with Crippen LogP contribution < -0.4 is 5.32 Å². The minimum Gasteiger partial charge on any atom is -0.374 e. The summed E-state index contributed by atoms with van der Waals surface area (Å²) in [6.45, 7) is 6.28. The lowest BCUT2D eigenvalue weighted by atomic mass is 10.4. The summed E-state index contributed by atoms with van der Waals surface area (Å²) in [6, 6.07) is 0. The Bertz CT molecular complexity index is 283. The second-order valence-corrected chi connectivity index (χ2v) is 5.67. The maximum absolute atomic E-state index is 9.75. The van der Waals surface area contributed by atoms with E-state index in [2.05, 4.69) is 17.0 Å². The number of nitrogens with one attached hydrogen (secondary N) is 1. The molecule has 0 bridgehead atoms. The van der Waals surface area contributed by atoms with Crippen molar-refractivity contribution >= 4 is 30.2 Å². The maximum Gasteiger partial charge on any atom is 0.175 e. The van der Waals surface area contributed by atoms with Gasteiger partial charge in [-0.2, -0.15) is 0 Å². The smallest absolute Gasteiger partial charge is 0.175 e. The highest BCUT2D eigenvalue weighted by molar-refractivity contribution is 8.04. The molecule has 0 aromatic carbocycles. The fourth-order valence-corrected chi connectivity index (χ4v) is 3.22. The molecule has 1 rings (SSSR count). The molecular weight excluding hydrogens is 242 g/mol. The third kappa shape index (κ3) is 3.33. The first kappa shape index (κ1) is 13.7. The SMILES string of the molecule is C=NCCC1NC(C)=C(N(C)C(O)SC)S1. The standard InChI is InChI=1S/C10H19N3OS2/c1-7-9(13(3)10(14)15-4)16-8(12-7)5-6-11-2/h8,10,12,14H,2,5-6H2,1,3-4H3. The van der Waals surface area contributed by atoms with Crippen molar-refractivity contribution in [2.45, 2.75) is 24.3 Å². The molecule has 0 saturated heterocycles. The lowest BCUT2D eigenvalue weighted by Gasteiger charge is -2.24. The van der Waals surface area contributed by atoms with Gasteiger partial charge in [-0.1, -0.05) is 11.8 Å². The first-order valence-corrected chi connectivity index (χ1v) is 7.27. The first-order valence-electron chi connectivity index (χ1n) is 5.10. The molecule has 6 heteroatoms. The molecule has 0 radical (unpaired) electrons. The summed E-state index contributed by atoms with van der Waals surface area (Å²) in [6.07, 6.45) is 2.85. The maximum atomic E-state index is 9.75. The molecule has 0 aromatic heterocycles. The fourth-order valence-electron chi connectivity index (χ4n) is 1.50. The molecule has 92 valence electrons. The van der Waals surface area contributed by atoms with Gasteiger partial charge in [0.25, 0.3) is 0 Å². The van der Waals surface area contributed by atoms with Gasteiger partial charge in [-0.25, -0.2) is 0 Å². The Morgan fingerprint density at radius 1 is 1.75 bits per heavy atom. The van der Waals surface area contributed by atoms with Gasteiger partial charge in [0.1, 0.15) is 0 Å². The monoisotopic (exact) mass is 261 g/mol. The second-order valence-electron chi connectivity index (χ2n) is 3.59. The molecule has 0 aromatic rings. The van der Waals surface area contributed by atoms with E-state index in [1.807, 2.05) is 25.1 Å². The zero-order valence-electron chi connectivity index (χ0n) is 9.93. The lowest BCUT2D eigenvalue weighted by molar-refractivity contribution is 0.135. The van der Waals surface area contributed by atoms with Crippen molar-refractivity contribution in [1.29, 1.82) is 0 Å². The molecule has 0 saturated carbocycles. The van der Waals surface area contributed by atoms with Crippen LogP contribution in [0.3, 0.4) is 0 Å². The Morgan fingerprint density at radius 2 is 2.44 bits per heavy atom. The molecular formula is C10H19N3OS2. The van der Waals surface area contributed by atoms with E-state index in [4.69, 9.17) is 0 Å². The van der Waals surface area contributed by atoms with Gasteiger partial charge < -0.3 is 20.3 Å². The van der Waals surface area contributed by atoms with E-state index < -0.39 is 5.56 Å². The molecule has 2 unspecified atom stereocenters. The van der Waals surface area contributed by atoms with Crippen LogP contribution in [-0.2, 0) is 0 Å². The number of allylic oxidation sites excluding steroid dienone is 1. The predicted octanol–water partition coefficient (Wildman–Crippen LogP) is 1.50. The number of nitrogens with zero attached hydrogens (tertiary/aromatic N) is 2. The average molecular weight is 261 g/mol. The molecule has 2 atom stereocenters. The van der Waals surface area contributed by atoms with Crippen molar-refractivity contribution in [3.63, 3.8) is 0 Å². The second kappa shape index (κ2) is 6.42. The molecule has 4 nitrogen and oxygen atoms in total. The molecule has 16 heavy (non-hydrogen) atoms. The van der Waals surface area contributed by atoms with Crippen molar-refractivity contribution < 1.29 is 5.11 Å². The fraction of sp³-hybridized carbons (Fsp3) is 0.700. The molecule has 0 amide bonds. The number of hydrogen-bond acceptors (Lipinski definition) is 6. The highest BCUT2D eigenvalue weighted by Crippen LogP contribution is 2.35. The molecule has 1 heterocycles. The van der Waals surface area contributed by atoms with Crippen molar-refractivity contribution in [1.82, 2.24) is 10.2 Å². The number of aliphatic hydroxyl groups excluding tert-OH is 1. The van der Waals surface area contributed by atoms with E-state index in [1.165, 1.54) is 11.8 Å². The van der Waals surface area contributed by atoms with Gasteiger partial charge in [-0.05, 0) is 26.3 Å². The Morgan fingerprint density at radius 3 is 3.00 bits per heavy atom. The summed E-state index contributed by atoms with van der Waals surface area (Å²) in [5, 5.41) is 14.6. The Balaban J connectivity index is 2.54. The van der Waals surface area contributed by atoms with Crippen molar-refractivity contribution in [3.8, 4) is 0 Å². The van der Waals surface area contributed by atoms with E-state index in [0.29, 0.717) is 5.37 Å². The van der Waals surface area contributed by atoms with Gasteiger partial charge in [-0.15, -0.1) is 11.8 Å². The average Bonchev–Trinajstić information content (AvgIpc) is 2.65. The van der Waals surface area contributed by atoms with E-state index in [1.54, 1.807) is 11.8 Å². The summed E-state index contributed by atoms with van der Waals surface area (Å²) in [5.74, 6) is 0. The van der Waals surface area contributed by atoms with Crippen LogP contribution in [0.1, 0.15) is 13.3 Å². The highest BCUT2D eigenvalue weighted by atomic mass is 32.2. The van der Waals surface area contributed by atoms with Gasteiger partial charge in [0.2, 0.25) is 0 Å². The predicted molar refractivity (Wildman–Crippen MR) is 73.5 cm³/mol. The van der Waals surface area contributed by atoms with Crippen LogP contribution in [0.25, 0.3) is 0 Å². The van der Waals surface area contributed by atoms with Crippen LogP contribution in [0.4, 0.5) is 0 Å². The first-order chi connectivity index (χ1) is 7.60. The molecule has 1 aliphatic heterocycles. The van der Waals surface area contributed by atoms with Gasteiger partial charge in [0, 0.05) is 19.3 Å².